The van der Waals surface area contributed by atoms with Crippen LogP contribution in [0, 0.1) is 17.7 Å². The van der Waals surface area contributed by atoms with Crippen LogP contribution in [0.4, 0.5) is 10.1 Å². The third kappa shape index (κ3) is 4.68. The van der Waals surface area contributed by atoms with Crippen LogP contribution in [0.1, 0.15) is 58.9 Å². The predicted octanol–water partition coefficient (Wildman–Crippen LogP) is 4.14. The molecule has 2 fully saturated rings. The van der Waals surface area contributed by atoms with E-state index in [-0.39, 0.29) is 36.0 Å². The summed E-state index contributed by atoms with van der Waals surface area (Å²) in [7, 11) is 0. The van der Waals surface area contributed by atoms with E-state index in [1.807, 2.05) is 17.0 Å². The monoisotopic (exact) mass is 477 g/mol. The second kappa shape index (κ2) is 9.80. The van der Waals surface area contributed by atoms with E-state index in [0.717, 1.165) is 50.0 Å². The number of piperidine rings is 2. The SMILES string of the molecule is CC1CCN(C(=O)C2CCN(c3cccc4c3C(=O)N(CCc3cccc(F)c3)C4=O)CC2)CC1. The number of likely N-dealkylation sites (tertiary alicyclic amines) is 1. The van der Waals surface area contributed by atoms with Crippen LogP contribution in [-0.4, -0.2) is 60.2 Å². The summed E-state index contributed by atoms with van der Waals surface area (Å²) in [6.45, 7) is 5.53. The van der Waals surface area contributed by atoms with Gasteiger partial charge in [-0.15, -0.1) is 0 Å². The molecule has 0 aliphatic carbocycles. The van der Waals surface area contributed by atoms with E-state index in [4.69, 9.17) is 0 Å². The summed E-state index contributed by atoms with van der Waals surface area (Å²) in [5.41, 5.74) is 2.39. The minimum Gasteiger partial charge on any atom is -0.371 e. The van der Waals surface area contributed by atoms with E-state index in [1.165, 1.54) is 17.0 Å². The molecule has 0 spiro atoms. The van der Waals surface area contributed by atoms with Gasteiger partial charge in [-0.05, 0) is 67.9 Å². The molecular weight excluding hydrogens is 445 g/mol. The van der Waals surface area contributed by atoms with Crippen LogP contribution < -0.4 is 4.90 Å². The number of hydrogen-bond donors (Lipinski definition) is 0. The third-order valence-electron chi connectivity index (χ3n) is 7.77. The molecule has 35 heavy (non-hydrogen) atoms. The van der Waals surface area contributed by atoms with Crippen molar-refractivity contribution >= 4 is 23.4 Å². The maximum atomic E-state index is 13.5. The number of carbonyl (C=O) groups excluding carboxylic acids is 3. The summed E-state index contributed by atoms with van der Waals surface area (Å²) in [5, 5.41) is 0. The minimum absolute atomic E-state index is 0.0246. The number of anilines is 1. The van der Waals surface area contributed by atoms with Crippen molar-refractivity contribution in [2.24, 2.45) is 11.8 Å². The van der Waals surface area contributed by atoms with Gasteiger partial charge < -0.3 is 9.80 Å². The fourth-order valence-electron chi connectivity index (χ4n) is 5.57. The molecule has 3 aliphatic rings. The highest BCUT2D eigenvalue weighted by atomic mass is 19.1. The third-order valence-corrected chi connectivity index (χ3v) is 7.77. The van der Waals surface area contributed by atoms with Gasteiger partial charge in [0.05, 0.1) is 16.8 Å². The van der Waals surface area contributed by atoms with Gasteiger partial charge in [-0.3, -0.25) is 19.3 Å². The number of amides is 3. The van der Waals surface area contributed by atoms with Crippen molar-refractivity contribution in [3.63, 3.8) is 0 Å². The van der Waals surface area contributed by atoms with E-state index >= 15 is 0 Å². The zero-order valence-corrected chi connectivity index (χ0v) is 20.2. The number of imide groups is 1. The van der Waals surface area contributed by atoms with Gasteiger partial charge in [-0.25, -0.2) is 4.39 Å². The zero-order valence-electron chi connectivity index (χ0n) is 20.2. The Morgan fingerprint density at radius 3 is 2.37 bits per heavy atom. The van der Waals surface area contributed by atoms with Gasteiger partial charge in [0.1, 0.15) is 5.82 Å². The molecule has 3 aliphatic heterocycles. The Kier molecular flexibility index (Phi) is 6.58. The van der Waals surface area contributed by atoms with Gasteiger partial charge in [0.25, 0.3) is 11.8 Å². The first-order valence-corrected chi connectivity index (χ1v) is 12.7. The average molecular weight is 478 g/mol. The summed E-state index contributed by atoms with van der Waals surface area (Å²) in [5.74, 6) is 0.0602. The predicted molar refractivity (Wildman–Crippen MR) is 132 cm³/mol. The molecule has 0 atom stereocenters. The normalized spacial score (nSPS) is 19.4. The number of rotatable bonds is 5. The van der Waals surface area contributed by atoms with Crippen LogP contribution in [0.5, 0.6) is 0 Å². The molecule has 3 heterocycles. The maximum Gasteiger partial charge on any atom is 0.263 e. The van der Waals surface area contributed by atoms with Crippen LogP contribution in [0.25, 0.3) is 0 Å². The molecular formula is C28H32FN3O3. The second-order valence-corrected chi connectivity index (χ2v) is 10.1. The number of fused-ring (bicyclic) bond motifs is 1. The first-order valence-electron chi connectivity index (χ1n) is 12.7. The van der Waals surface area contributed by atoms with Crippen molar-refractivity contribution < 1.29 is 18.8 Å². The van der Waals surface area contributed by atoms with E-state index in [0.29, 0.717) is 36.6 Å². The Bertz CT molecular complexity index is 1130. The van der Waals surface area contributed by atoms with Crippen molar-refractivity contribution in [2.75, 3.05) is 37.6 Å². The lowest BCUT2D eigenvalue weighted by molar-refractivity contribution is -0.137. The minimum atomic E-state index is -0.330. The Balaban J connectivity index is 1.25. The van der Waals surface area contributed by atoms with Gasteiger partial charge in [0.2, 0.25) is 5.91 Å². The summed E-state index contributed by atoms with van der Waals surface area (Å²) in [4.78, 5) is 44.8. The Labute approximate surface area is 205 Å². The van der Waals surface area contributed by atoms with Crippen LogP contribution in [-0.2, 0) is 11.2 Å². The molecule has 0 saturated carbocycles. The molecule has 2 saturated heterocycles. The van der Waals surface area contributed by atoms with Crippen molar-refractivity contribution in [3.05, 3.63) is 65.0 Å². The van der Waals surface area contributed by atoms with E-state index in [2.05, 4.69) is 11.8 Å². The van der Waals surface area contributed by atoms with Crippen molar-refractivity contribution in [1.29, 1.82) is 0 Å². The standard InChI is InChI=1S/C28H32FN3O3/c1-19-8-13-31(14-9-19)26(33)21-11-15-30(16-12-21)24-7-3-6-23-25(24)28(35)32(27(23)34)17-10-20-4-2-5-22(29)18-20/h2-7,18-19,21H,8-17H2,1H3. The first-order chi connectivity index (χ1) is 16.9. The highest BCUT2D eigenvalue weighted by molar-refractivity contribution is 6.23. The molecule has 2 aromatic carbocycles. The largest absolute Gasteiger partial charge is 0.371 e. The van der Waals surface area contributed by atoms with E-state index in [9.17, 15) is 18.8 Å². The molecule has 0 radical (unpaired) electrons. The number of halogens is 1. The summed E-state index contributed by atoms with van der Waals surface area (Å²) < 4.78 is 13.5. The van der Waals surface area contributed by atoms with Crippen molar-refractivity contribution in [2.45, 2.75) is 39.0 Å². The lowest BCUT2D eigenvalue weighted by Gasteiger charge is -2.37. The molecule has 0 N–H and O–H groups in total. The number of nitrogens with zero attached hydrogens (tertiary/aromatic N) is 3. The van der Waals surface area contributed by atoms with Gasteiger partial charge in [-0.2, -0.15) is 0 Å². The average Bonchev–Trinajstić information content (AvgIpc) is 3.12. The van der Waals surface area contributed by atoms with Crippen LogP contribution in [0.3, 0.4) is 0 Å². The summed E-state index contributed by atoms with van der Waals surface area (Å²) in [6, 6.07) is 11.7. The summed E-state index contributed by atoms with van der Waals surface area (Å²) >= 11 is 0. The Morgan fingerprint density at radius 2 is 1.66 bits per heavy atom. The lowest BCUT2D eigenvalue weighted by atomic mass is 9.92. The fraction of sp³-hybridized carbons (Fsp3) is 0.464. The number of benzene rings is 2. The van der Waals surface area contributed by atoms with Gasteiger partial charge in [-0.1, -0.05) is 25.1 Å². The highest BCUT2D eigenvalue weighted by Crippen LogP contribution is 2.34. The van der Waals surface area contributed by atoms with Gasteiger partial charge >= 0.3 is 0 Å². The molecule has 184 valence electrons. The van der Waals surface area contributed by atoms with Gasteiger partial charge in [0, 0.05) is 38.6 Å². The smallest absolute Gasteiger partial charge is 0.263 e. The molecule has 3 amide bonds. The maximum absolute atomic E-state index is 13.5. The van der Waals surface area contributed by atoms with Crippen LogP contribution >= 0.6 is 0 Å². The van der Waals surface area contributed by atoms with E-state index < -0.39 is 0 Å². The second-order valence-electron chi connectivity index (χ2n) is 10.1. The van der Waals surface area contributed by atoms with Crippen molar-refractivity contribution in [1.82, 2.24) is 9.80 Å². The van der Waals surface area contributed by atoms with Crippen LogP contribution in [0.15, 0.2) is 42.5 Å². The molecule has 0 bridgehead atoms. The summed E-state index contributed by atoms with van der Waals surface area (Å²) in [6.07, 6.45) is 4.06. The topological polar surface area (TPSA) is 60.9 Å². The number of carbonyl (C=O) groups is 3. The van der Waals surface area contributed by atoms with Crippen LogP contribution in [0.2, 0.25) is 0 Å². The zero-order chi connectivity index (χ0) is 24.5. The van der Waals surface area contributed by atoms with E-state index in [1.54, 1.807) is 18.2 Å². The Morgan fingerprint density at radius 1 is 0.943 bits per heavy atom. The first kappa shape index (κ1) is 23.5. The highest BCUT2D eigenvalue weighted by Gasteiger charge is 2.39. The molecule has 5 rings (SSSR count). The lowest BCUT2D eigenvalue weighted by Crippen LogP contribution is -2.45. The molecule has 0 unspecified atom stereocenters. The molecule has 0 aromatic heterocycles. The number of hydrogen-bond acceptors (Lipinski definition) is 4. The van der Waals surface area contributed by atoms with Crippen molar-refractivity contribution in [3.8, 4) is 0 Å². The van der Waals surface area contributed by atoms with Gasteiger partial charge in [0.15, 0.2) is 0 Å². The molecule has 6 nitrogen and oxygen atoms in total. The quantitative estimate of drug-likeness (QED) is 0.608. The molecule has 7 heteroatoms. The fourth-order valence-corrected chi connectivity index (χ4v) is 5.57. The molecule has 2 aromatic rings. The Hall–Kier alpha value is -3.22.